The Morgan fingerprint density at radius 2 is 2.24 bits per heavy atom. The zero-order chi connectivity index (χ0) is 14.7. The Labute approximate surface area is 127 Å². The lowest BCUT2D eigenvalue weighted by molar-refractivity contribution is 0.132. The van der Waals surface area contributed by atoms with Crippen molar-refractivity contribution in [3.8, 4) is 0 Å². The molecule has 1 N–H and O–H groups in total. The normalized spacial score (nSPS) is 23.5. The van der Waals surface area contributed by atoms with Gasteiger partial charge in [0.05, 0.1) is 5.52 Å². The van der Waals surface area contributed by atoms with Crippen molar-refractivity contribution >= 4 is 10.9 Å². The Hall–Kier alpha value is -1.45. The number of hydrogen-bond acceptors (Lipinski definition) is 3. The molecule has 0 amide bonds. The van der Waals surface area contributed by atoms with E-state index in [2.05, 4.69) is 53.4 Å². The lowest BCUT2D eigenvalue weighted by atomic mass is 9.90. The van der Waals surface area contributed by atoms with Crippen LogP contribution in [0.5, 0.6) is 0 Å². The second-order valence-electron chi connectivity index (χ2n) is 6.12. The molecule has 21 heavy (non-hydrogen) atoms. The molecule has 1 aromatic carbocycles. The van der Waals surface area contributed by atoms with Gasteiger partial charge in [0.25, 0.3) is 0 Å². The minimum absolute atomic E-state index is 0.687. The van der Waals surface area contributed by atoms with Crippen LogP contribution in [0.3, 0.4) is 0 Å². The zero-order valence-corrected chi connectivity index (χ0v) is 13.0. The molecule has 0 radical (unpaired) electrons. The fourth-order valence-corrected chi connectivity index (χ4v) is 3.53. The van der Waals surface area contributed by atoms with Gasteiger partial charge in [-0.1, -0.05) is 25.5 Å². The van der Waals surface area contributed by atoms with Crippen LogP contribution in [0.4, 0.5) is 0 Å². The highest BCUT2D eigenvalue weighted by molar-refractivity contribution is 5.78. The number of aromatic nitrogens is 1. The first kappa shape index (κ1) is 14.5. The Bertz CT molecular complexity index is 596. The Morgan fingerprint density at radius 1 is 1.33 bits per heavy atom. The average molecular weight is 283 g/mol. The first-order chi connectivity index (χ1) is 10.3. The van der Waals surface area contributed by atoms with Crippen LogP contribution < -0.4 is 5.32 Å². The van der Waals surface area contributed by atoms with Crippen LogP contribution in [0.25, 0.3) is 10.9 Å². The largest absolute Gasteiger partial charge is 0.317 e. The van der Waals surface area contributed by atoms with Gasteiger partial charge >= 0.3 is 0 Å². The number of hydrogen-bond donors (Lipinski definition) is 1. The molecular weight excluding hydrogens is 258 g/mol. The highest BCUT2D eigenvalue weighted by atomic mass is 15.1. The third-order valence-electron chi connectivity index (χ3n) is 4.79. The third-order valence-corrected chi connectivity index (χ3v) is 4.79. The number of benzene rings is 1. The van der Waals surface area contributed by atoms with Gasteiger partial charge in [0.1, 0.15) is 0 Å². The van der Waals surface area contributed by atoms with Crippen LogP contribution in [-0.2, 0) is 6.54 Å². The maximum atomic E-state index is 4.39. The van der Waals surface area contributed by atoms with Gasteiger partial charge in [-0.3, -0.25) is 9.88 Å². The summed E-state index contributed by atoms with van der Waals surface area (Å²) in [7, 11) is 2.10. The van der Waals surface area contributed by atoms with E-state index in [1.165, 1.54) is 36.9 Å². The van der Waals surface area contributed by atoms with Crippen molar-refractivity contribution in [1.29, 1.82) is 0 Å². The molecule has 0 saturated carbocycles. The Morgan fingerprint density at radius 3 is 3.05 bits per heavy atom. The number of nitrogens with one attached hydrogen (secondary N) is 1. The van der Waals surface area contributed by atoms with Crippen LogP contribution >= 0.6 is 0 Å². The van der Waals surface area contributed by atoms with Gasteiger partial charge in [-0.25, -0.2) is 0 Å². The molecule has 2 aromatic rings. The summed E-state index contributed by atoms with van der Waals surface area (Å²) in [5.41, 5.74) is 2.48. The van der Waals surface area contributed by atoms with E-state index in [9.17, 15) is 0 Å². The summed E-state index contributed by atoms with van der Waals surface area (Å²) in [5, 5.41) is 4.72. The fraction of sp³-hybridized carbons (Fsp3) is 0.500. The van der Waals surface area contributed by atoms with Crippen molar-refractivity contribution < 1.29 is 0 Å². The highest BCUT2D eigenvalue weighted by Gasteiger charge is 2.26. The fourth-order valence-electron chi connectivity index (χ4n) is 3.53. The lowest BCUT2D eigenvalue weighted by Gasteiger charge is -2.38. The van der Waals surface area contributed by atoms with Gasteiger partial charge < -0.3 is 5.32 Å². The molecule has 2 unspecified atom stereocenters. The number of fused-ring (bicyclic) bond motifs is 1. The van der Waals surface area contributed by atoms with Crippen LogP contribution in [0.1, 0.15) is 25.3 Å². The summed E-state index contributed by atoms with van der Waals surface area (Å²) >= 11 is 0. The molecule has 1 saturated heterocycles. The van der Waals surface area contributed by atoms with Gasteiger partial charge in [-0.2, -0.15) is 0 Å². The number of piperidine rings is 1. The molecule has 1 aromatic heterocycles. The third kappa shape index (κ3) is 3.25. The first-order valence-electron chi connectivity index (χ1n) is 8.03. The number of pyridine rings is 1. The van der Waals surface area contributed by atoms with Gasteiger partial charge in [-0.05, 0) is 49.7 Å². The predicted octanol–water partition coefficient (Wildman–Crippen LogP) is 3.05. The van der Waals surface area contributed by atoms with Gasteiger partial charge in [0.2, 0.25) is 0 Å². The summed E-state index contributed by atoms with van der Waals surface area (Å²) in [6, 6.07) is 11.5. The van der Waals surface area contributed by atoms with E-state index >= 15 is 0 Å². The molecule has 0 bridgehead atoms. The van der Waals surface area contributed by atoms with Gasteiger partial charge in [0, 0.05) is 30.7 Å². The summed E-state index contributed by atoms with van der Waals surface area (Å²) < 4.78 is 0. The summed E-state index contributed by atoms with van der Waals surface area (Å²) in [4.78, 5) is 6.99. The summed E-state index contributed by atoms with van der Waals surface area (Å²) in [5.74, 6) is 0.769. The predicted molar refractivity (Wildman–Crippen MR) is 88.3 cm³/mol. The van der Waals surface area contributed by atoms with E-state index in [0.717, 1.165) is 18.0 Å². The molecule has 3 heteroatoms. The molecule has 1 aliphatic rings. The van der Waals surface area contributed by atoms with Gasteiger partial charge in [-0.15, -0.1) is 0 Å². The van der Waals surface area contributed by atoms with Crippen LogP contribution in [0.15, 0.2) is 36.5 Å². The average Bonchev–Trinajstić information content (AvgIpc) is 2.54. The van der Waals surface area contributed by atoms with E-state index in [0.29, 0.717) is 6.04 Å². The zero-order valence-electron chi connectivity index (χ0n) is 13.0. The van der Waals surface area contributed by atoms with E-state index in [-0.39, 0.29) is 0 Å². The molecule has 2 atom stereocenters. The maximum absolute atomic E-state index is 4.39. The smallest absolute Gasteiger partial charge is 0.0702 e. The number of likely N-dealkylation sites (tertiary alicyclic amines) is 1. The SMILES string of the molecule is CCC1CN(Cc2ccc3ncccc3c2)CCC1NC. The van der Waals surface area contributed by atoms with Crippen molar-refractivity contribution in [2.75, 3.05) is 20.1 Å². The van der Waals surface area contributed by atoms with Crippen LogP contribution in [0.2, 0.25) is 0 Å². The topological polar surface area (TPSA) is 28.2 Å². The summed E-state index contributed by atoms with van der Waals surface area (Å²) in [6.45, 7) is 5.75. The monoisotopic (exact) mass is 283 g/mol. The number of nitrogens with zero attached hydrogens (tertiary/aromatic N) is 2. The minimum Gasteiger partial charge on any atom is -0.317 e. The number of rotatable bonds is 4. The quantitative estimate of drug-likeness (QED) is 0.935. The highest BCUT2D eigenvalue weighted by Crippen LogP contribution is 2.22. The van der Waals surface area contributed by atoms with E-state index in [1.807, 2.05) is 12.3 Å². The van der Waals surface area contributed by atoms with Crippen LogP contribution in [-0.4, -0.2) is 36.1 Å². The van der Waals surface area contributed by atoms with Crippen molar-refractivity contribution in [2.24, 2.45) is 5.92 Å². The lowest BCUT2D eigenvalue weighted by Crippen LogP contribution is -2.47. The van der Waals surface area contributed by atoms with Crippen LogP contribution in [0, 0.1) is 5.92 Å². The molecule has 0 spiro atoms. The molecule has 3 nitrogen and oxygen atoms in total. The maximum Gasteiger partial charge on any atom is 0.0702 e. The van der Waals surface area contributed by atoms with Gasteiger partial charge in [0.15, 0.2) is 0 Å². The van der Waals surface area contributed by atoms with Crippen molar-refractivity contribution in [3.05, 3.63) is 42.1 Å². The molecular formula is C18H25N3. The Kier molecular flexibility index (Phi) is 4.51. The van der Waals surface area contributed by atoms with Crippen molar-refractivity contribution in [2.45, 2.75) is 32.4 Å². The van der Waals surface area contributed by atoms with Crippen molar-refractivity contribution in [1.82, 2.24) is 15.2 Å². The summed E-state index contributed by atoms with van der Waals surface area (Å²) in [6.07, 6.45) is 4.37. The second-order valence-corrected chi connectivity index (χ2v) is 6.12. The molecule has 3 rings (SSSR count). The van der Waals surface area contributed by atoms with E-state index in [4.69, 9.17) is 0 Å². The Balaban J connectivity index is 1.70. The molecule has 1 aliphatic heterocycles. The molecule has 2 heterocycles. The molecule has 112 valence electrons. The second kappa shape index (κ2) is 6.54. The molecule has 1 fully saturated rings. The first-order valence-corrected chi connectivity index (χ1v) is 8.03. The van der Waals surface area contributed by atoms with E-state index < -0.39 is 0 Å². The minimum atomic E-state index is 0.687. The van der Waals surface area contributed by atoms with Crippen molar-refractivity contribution in [3.63, 3.8) is 0 Å². The van der Waals surface area contributed by atoms with E-state index in [1.54, 1.807) is 0 Å². The molecule has 0 aliphatic carbocycles. The standard InChI is InChI=1S/C18H25N3/c1-3-15-13-21(10-8-17(15)19-2)12-14-6-7-18-16(11-14)5-4-9-20-18/h4-7,9,11,15,17,19H,3,8,10,12-13H2,1-2H3.